The number of imide groups is 1. The Hall–Kier alpha value is -4.18. The van der Waals surface area contributed by atoms with Gasteiger partial charge in [0.05, 0.1) is 29.6 Å². The van der Waals surface area contributed by atoms with E-state index in [1.165, 1.54) is 4.90 Å². The first-order valence-electron chi connectivity index (χ1n) is 11.6. The van der Waals surface area contributed by atoms with E-state index in [-0.39, 0.29) is 23.9 Å². The Morgan fingerprint density at radius 1 is 0.441 bits per heavy atom. The zero-order valence-corrected chi connectivity index (χ0v) is 18.6. The Balaban J connectivity index is 1.57. The molecular formula is C30H24N2O2. The second-order valence-electron chi connectivity index (χ2n) is 8.85. The van der Waals surface area contributed by atoms with E-state index < -0.39 is 11.8 Å². The molecule has 6 rings (SSSR count). The lowest BCUT2D eigenvalue weighted by Gasteiger charge is -2.36. The van der Waals surface area contributed by atoms with Crippen LogP contribution in [0, 0.1) is 11.8 Å². The molecule has 4 atom stereocenters. The monoisotopic (exact) mass is 444 g/mol. The van der Waals surface area contributed by atoms with Crippen LogP contribution in [0.3, 0.4) is 0 Å². The quantitative estimate of drug-likeness (QED) is 0.374. The second kappa shape index (κ2) is 8.31. The van der Waals surface area contributed by atoms with Crippen LogP contribution in [-0.2, 0) is 9.59 Å². The standard InChI is InChI=1S/C30H24N2O2/c33-29-25-26(30(34)32(29)24-19-11-4-12-20-24)28(22-15-7-2-8-16-22)31(23-17-9-3-10-18-23)27(25)21-13-5-1-6-14-21/h1-20,25-28H/t25-,26-,27-,28-/m0/s1. The fraction of sp³-hybridized carbons (Fsp3) is 0.133. The molecule has 0 radical (unpaired) electrons. The number of hydrogen-bond acceptors (Lipinski definition) is 3. The molecule has 4 nitrogen and oxygen atoms in total. The summed E-state index contributed by atoms with van der Waals surface area (Å²) in [5, 5.41) is 0. The van der Waals surface area contributed by atoms with Gasteiger partial charge in [0.25, 0.3) is 0 Å². The van der Waals surface area contributed by atoms with Gasteiger partial charge in [-0.1, -0.05) is 97.1 Å². The lowest BCUT2D eigenvalue weighted by atomic mass is 9.84. The molecule has 4 aromatic rings. The Bertz CT molecular complexity index is 1240. The SMILES string of the molecule is O=C1[C@H]2[C@H](C(=O)N1c1ccccc1)[C@H](c1ccccc1)N(c1ccccc1)[C@H]2c1ccccc1. The van der Waals surface area contributed by atoms with Crippen molar-refractivity contribution in [1.82, 2.24) is 0 Å². The summed E-state index contributed by atoms with van der Waals surface area (Å²) in [6, 6.07) is 39.1. The Morgan fingerprint density at radius 3 is 1.21 bits per heavy atom. The van der Waals surface area contributed by atoms with Crippen LogP contribution in [0.15, 0.2) is 121 Å². The summed E-state index contributed by atoms with van der Waals surface area (Å²) in [6.45, 7) is 0. The minimum atomic E-state index is -0.486. The highest BCUT2D eigenvalue weighted by Gasteiger charge is 2.63. The molecule has 0 aromatic heterocycles. The maximum atomic E-state index is 14.0. The maximum absolute atomic E-state index is 14.0. The molecule has 0 N–H and O–H groups in total. The van der Waals surface area contributed by atoms with Crippen molar-refractivity contribution in [2.45, 2.75) is 12.1 Å². The number of amides is 2. The third kappa shape index (κ3) is 3.14. The number of carbonyl (C=O) groups is 2. The van der Waals surface area contributed by atoms with Gasteiger partial charge in [-0.05, 0) is 35.4 Å². The van der Waals surface area contributed by atoms with Crippen LogP contribution in [0.4, 0.5) is 11.4 Å². The third-order valence-corrected chi connectivity index (χ3v) is 7.03. The highest BCUT2D eigenvalue weighted by Crippen LogP contribution is 2.57. The minimum Gasteiger partial charge on any atom is -0.356 e. The zero-order chi connectivity index (χ0) is 23.1. The number of nitrogens with zero attached hydrogens (tertiary/aromatic N) is 2. The fourth-order valence-electron chi connectivity index (χ4n) is 5.69. The van der Waals surface area contributed by atoms with Crippen molar-refractivity contribution in [3.05, 3.63) is 132 Å². The van der Waals surface area contributed by atoms with Crippen LogP contribution in [-0.4, -0.2) is 11.8 Å². The smallest absolute Gasteiger partial charge is 0.240 e. The molecule has 0 spiro atoms. The van der Waals surface area contributed by atoms with Gasteiger partial charge >= 0.3 is 0 Å². The van der Waals surface area contributed by atoms with E-state index in [0.29, 0.717) is 5.69 Å². The summed E-state index contributed by atoms with van der Waals surface area (Å²) in [4.78, 5) is 31.7. The first-order valence-corrected chi connectivity index (χ1v) is 11.6. The maximum Gasteiger partial charge on any atom is 0.240 e. The molecule has 2 heterocycles. The average molecular weight is 445 g/mol. The number of fused-ring (bicyclic) bond motifs is 1. The molecular weight excluding hydrogens is 420 g/mol. The van der Waals surface area contributed by atoms with Gasteiger partial charge in [0, 0.05) is 5.69 Å². The molecule has 2 amide bonds. The van der Waals surface area contributed by atoms with E-state index in [0.717, 1.165) is 16.8 Å². The lowest BCUT2D eigenvalue weighted by Crippen LogP contribution is -2.38. The predicted octanol–water partition coefficient (Wildman–Crippen LogP) is 5.80. The Kier molecular flexibility index (Phi) is 4.99. The molecule has 4 aromatic carbocycles. The summed E-state index contributed by atoms with van der Waals surface area (Å²) in [7, 11) is 0. The highest BCUT2D eigenvalue weighted by atomic mass is 16.2. The van der Waals surface area contributed by atoms with Gasteiger partial charge in [0.15, 0.2) is 0 Å². The molecule has 0 aliphatic carbocycles. The van der Waals surface area contributed by atoms with Crippen LogP contribution in [0.1, 0.15) is 23.2 Å². The second-order valence-corrected chi connectivity index (χ2v) is 8.85. The third-order valence-electron chi connectivity index (χ3n) is 7.03. The van der Waals surface area contributed by atoms with E-state index in [4.69, 9.17) is 0 Å². The molecule has 4 heteroatoms. The highest BCUT2D eigenvalue weighted by molar-refractivity contribution is 6.23. The van der Waals surface area contributed by atoms with Crippen LogP contribution in [0.5, 0.6) is 0 Å². The Labute approximate surface area is 199 Å². The molecule has 2 aliphatic rings. The summed E-state index contributed by atoms with van der Waals surface area (Å²) in [5.74, 6) is -1.23. The van der Waals surface area contributed by atoms with E-state index in [1.54, 1.807) is 0 Å². The van der Waals surface area contributed by atoms with Crippen molar-refractivity contribution in [2.24, 2.45) is 11.8 Å². The molecule has 2 fully saturated rings. The molecule has 0 unspecified atom stereocenters. The molecule has 34 heavy (non-hydrogen) atoms. The fourth-order valence-corrected chi connectivity index (χ4v) is 5.69. The van der Waals surface area contributed by atoms with Crippen LogP contribution < -0.4 is 9.80 Å². The number of rotatable bonds is 4. The largest absolute Gasteiger partial charge is 0.356 e. The molecule has 0 bridgehead atoms. The van der Waals surface area contributed by atoms with Gasteiger partial charge in [-0.3, -0.25) is 9.59 Å². The summed E-state index contributed by atoms with van der Waals surface area (Å²) >= 11 is 0. The first kappa shape index (κ1) is 20.4. The van der Waals surface area contributed by atoms with Gasteiger partial charge in [-0.25, -0.2) is 4.90 Å². The van der Waals surface area contributed by atoms with E-state index in [1.807, 2.05) is 84.9 Å². The first-order chi connectivity index (χ1) is 16.8. The molecule has 2 aliphatic heterocycles. The number of carbonyl (C=O) groups excluding carboxylic acids is 2. The zero-order valence-electron chi connectivity index (χ0n) is 18.6. The van der Waals surface area contributed by atoms with Crippen molar-refractivity contribution >= 4 is 23.2 Å². The average Bonchev–Trinajstić information content (AvgIpc) is 3.39. The van der Waals surface area contributed by atoms with Gasteiger partial charge in [-0.15, -0.1) is 0 Å². The van der Waals surface area contributed by atoms with Crippen molar-refractivity contribution in [1.29, 1.82) is 0 Å². The van der Waals surface area contributed by atoms with Crippen LogP contribution >= 0.6 is 0 Å². The van der Waals surface area contributed by atoms with Crippen LogP contribution in [0.25, 0.3) is 0 Å². The normalized spacial score (nSPS) is 23.9. The summed E-state index contributed by atoms with van der Waals surface area (Å²) in [5.41, 5.74) is 3.72. The Morgan fingerprint density at radius 2 is 0.794 bits per heavy atom. The van der Waals surface area contributed by atoms with Crippen LogP contribution in [0.2, 0.25) is 0 Å². The van der Waals surface area contributed by atoms with Gasteiger partial charge in [0.1, 0.15) is 0 Å². The topological polar surface area (TPSA) is 40.6 Å². The molecule has 166 valence electrons. The van der Waals surface area contributed by atoms with Crippen molar-refractivity contribution in [3.8, 4) is 0 Å². The van der Waals surface area contributed by atoms with E-state index in [9.17, 15) is 9.59 Å². The van der Waals surface area contributed by atoms with Crippen molar-refractivity contribution in [3.63, 3.8) is 0 Å². The molecule has 0 saturated carbocycles. The van der Waals surface area contributed by atoms with Gasteiger partial charge < -0.3 is 4.90 Å². The molecule has 2 saturated heterocycles. The van der Waals surface area contributed by atoms with E-state index >= 15 is 0 Å². The van der Waals surface area contributed by atoms with Crippen molar-refractivity contribution < 1.29 is 9.59 Å². The number of hydrogen-bond donors (Lipinski definition) is 0. The number of para-hydroxylation sites is 2. The van der Waals surface area contributed by atoms with Gasteiger partial charge in [-0.2, -0.15) is 0 Å². The predicted molar refractivity (Wildman–Crippen MR) is 133 cm³/mol. The lowest BCUT2D eigenvalue weighted by molar-refractivity contribution is -0.123. The summed E-state index contributed by atoms with van der Waals surface area (Å²) in [6.07, 6.45) is 0. The van der Waals surface area contributed by atoms with Crippen molar-refractivity contribution in [2.75, 3.05) is 9.80 Å². The minimum absolute atomic E-state index is 0.130. The van der Waals surface area contributed by atoms with Gasteiger partial charge in [0.2, 0.25) is 11.8 Å². The number of anilines is 2. The van der Waals surface area contributed by atoms with E-state index in [2.05, 4.69) is 41.3 Å². The summed E-state index contributed by atoms with van der Waals surface area (Å²) < 4.78 is 0. The number of benzene rings is 4.